The lowest BCUT2D eigenvalue weighted by Gasteiger charge is -2.22. The van der Waals surface area contributed by atoms with E-state index in [0.717, 1.165) is 35.6 Å². The zero-order chi connectivity index (χ0) is 19.7. The first-order valence-electron chi connectivity index (χ1n) is 9.38. The molecule has 0 bridgehead atoms. The van der Waals surface area contributed by atoms with Crippen molar-refractivity contribution in [1.82, 2.24) is 5.32 Å². The van der Waals surface area contributed by atoms with E-state index < -0.39 is 13.9 Å². The van der Waals surface area contributed by atoms with Gasteiger partial charge < -0.3 is 15.1 Å². The molecule has 0 heterocycles. The average molecular weight is 409 g/mol. The van der Waals surface area contributed by atoms with Gasteiger partial charge in [0.1, 0.15) is 0 Å². The molecular weight excluding hydrogens is 381 g/mol. The summed E-state index contributed by atoms with van der Waals surface area (Å²) in [6.45, 7) is 2.02. The highest BCUT2D eigenvalue weighted by Gasteiger charge is 2.21. The van der Waals surface area contributed by atoms with Crippen LogP contribution in [0.25, 0.3) is 10.8 Å². The molecule has 7 heteroatoms. The van der Waals surface area contributed by atoms with E-state index in [1.807, 2.05) is 42.5 Å². The summed E-state index contributed by atoms with van der Waals surface area (Å²) in [5.74, 6) is 0. The summed E-state index contributed by atoms with van der Waals surface area (Å²) in [4.78, 5) is 18.9. The fourth-order valence-electron chi connectivity index (χ4n) is 3.09. The molecule has 2 aromatic carbocycles. The first-order chi connectivity index (χ1) is 12.9. The molecule has 3 N–H and O–H groups in total. The molecule has 2 rings (SSSR count). The molecule has 5 nitrogen and oxygen atoms in total. The SMILES string of the molecule is CCCCCCCC(=S)NC(COP(=O)(O)O)c1cccc2ccccc12. The van der Waals surface area contributed by atoms with E-state index in [0.29, 0.717) is 4.99 Å². The number of unbranched alkanes of at least 4 members (excludes halogenated alkanes) is 4. The van der Waals surface area contributed by atoms with Gasteiger partial charge in [-0.1, -0.05) is 87.3 Å². The van der Waals surface area contributed by atoms with Crippen molar-refractivity contribution in [2.45, 2.75) is 51.5 Å². The van der Waals surface area contributed by atoms with Gasteiger partial charge in [-0.2, -0.15) is 0 Å². The molecule has 148 valence electrons. The van der Waals surface area contributed by atoms with Gasteiger partial charge in [-0.15, -0.1) is 0 Å². The third kappa shape index (κ3) is 7.68. The quantitative estimate of drug-likeness (QED) is 0.267. The smallest absolute Gasteiger partial charge is 0.370 e. The molecule has 1 atom stereocenters. The molecule has 0 saturated carbocycles. The van der Waals surface area contributed by atoms with Gasteiger partial charge in [0.2, 0.25) is 0 Å². The fraction of sp³-hybridized carbons (Fsp3) is 0.450. The predicted octanol–water partition coefficient (Wildman–Crippen LogP) is 5.27. The van der Waals surface area contributed by atoms with Gasteiger partial charge in [0.05, 0.1) is 17.6 Å². The maximum Gasteiger partial charge on any atom is 0.469 e. The third-order valence-electron chi connectivity index (χ3n) is 4.45. The van der Waals surface area contributed by atoms with Crippen LogP contribution in [0.5, 0.6) is 0 Å². The van der Waals surface area contributed by atoms with Crippen LogP contribution < -0.4 is 5.32 Å². The molecule has 0 aliphatic rings. The van der Waals surface area contributed by atoms with Gasteiger partial charge in [0.15, 0.2) is 0 Å². The van der Waals surface area contributed by atoms with Crippen LogP contribution in [-0.4, -0.2) is 21.4 Å². The van der Waals surface area contributed by atoms with E-state index in [9.17, 15) is 4.57 Å². The molecule has 0 aliphatic carbocycles. The third-order valence-corrected chi connectivity index (χ3v) is 5.26. The van der Waals surface area contributed by atoms with Crippen molar-refractivity contribution in [1.29, 1.82) is 0 Å². The normalized spacial score (nSPS) is 12.9. The largest absolute Gasteiger partial charge is 0.469 e. The van der Waals surface area contributed by atoms with Crippen LogP contribution in [0.1, 0.15) is 57.1 Å². The van der Waals surface area contributed by atoms with E-state index in [4.69, 9.17) is 26.5 Å². The maximum atomic E-state index is 11.2. The lowest BCUT2D eigenvalue weighted by molar-refractivity contribution is 0.182. The van der Waals surface area contributed by atoms with Crippen molar-refractivity contribution in [2.75, 3.05) is 6.61 Å². The van der Waals surface area contributed by atoms with Crippen molar-refractivity contribution in [3.05, 3.63) is 48.0 Å². The minimum atomic E-state index is -4.56. The molecule has 1 unspecified atom stereocenters. The second-order valence-electron chi connectivity index (χ2n) is 6.64. The lowest BCUT2D eigenvalue weighted by atomic mass is 9.99. The highest BCUT2D eigenvalue weighted by atomic mass is 32.1. The Morgan fingerprint density at radius 3 is 2.56 bits per heavy atom. The number of hydrogen-bond donors (Lipinski definition) is 3. The van der Waals surface area contributed by atoms with Crippen molar-refractivity contribution < 1.29 is 18.9 Å². The number of hydrogen-bond acceptors (Lipinski definition) is 3. The summed E-state index contributed by atoms with van der Waals surface area (Å²) < 4.78 is 16.0. The van der Waals surface area contributed by atoms with Crippen LogP contribution in [-0.2, 0) is 9.09 Å². The van der Waals surface area contributed by atoms with Crippen LogP contribution in [0, 0.1) is 0 Å². The molecule has 0 spiro atoms. The van der Waals surface area contributed by atoms with Gasteiger partial charge in [0, 0.05) is 0 Å². The van der Waals surface area contributed by atoms with E-state index >= 15 is 0 Å². The van der Waals surface area contributed by atoms with Gasteiger partial charge in [-0.05, 0) is 29.2 Å². The number of phosphoric ester groups is 1. The van der Waals surface area contributed by atoms with Gasteiger partial charge in [0.25, 0.3) is 0 Å². The van der Waals surface area contributed by atoms with Crippen molar-refractivity contribution in [3.63, 3.8) is 0 Å². The van der Waals surface area contributed by atoms with Crippen LogP contribution in [0.4, 0.5) is 0 Å². The Balaban J connectivity index is 2.11. The fourth-order valence-corrected chi connectivity index (χ4v) is 3.72. The summed E-state index contributed by atoms with van der Waals surface area (Å²) in [5.41, 5.74) is 0.912. The minimum absolute atomic E-state index is 0.158. The summed E-state index contributed by atoms with van der Waals surface area (Å²) in [5, 5.41) is 5.32. The highest BCUT2D eigenvalue weighted by Crippen LogP contribution is 2.37. The van der Waals surface area contributed by atoms with E-state index in [1.165, 1.54) is 19.3 Å². The molecule has 0 fully saturated rings. The highest BCUT2D eigenvalue weighted by molar-refractivity contribution is 7.80. The van der Waals surface area contributed by atoms with Gasteiger partial charge in [-0.25, -0.2) is 4.57 Å². The monoisotopic (exact) mass is 409 g/mol. The number of fused-ring (bicyclic) bond motifs is 1. The number of phosphoric acid groups is 1. The van der Waals surface area contributed by atoms with Crippen LogP contribution in [0.3, 0.4) is 0 Å². The van der Waals surface area contributed by atoms with E-state index in [2.05, 4.69) is 12.2 Å². The second-order valence-corrected chi connectivity index (χ2v) is 8.37. The zero-order valence-electron chi connectivity index (χ0n) is 15.6. The average Bonchev–Trinajstić information content (AvgIpc) is 2.64. The Labute approximate surface area is 166 Å². The number of nitrogens with one attached hydrogen (secondary N) is 1. The van der Waals surface area contributed by atoms with Gasteiger partial charge in [-0.3, -0.25) is 4.52 Å². The molecule has 27 heavy (non-hydrogen) atoms. The first kappa shape index (κ1) is 22.0. The maximum absolute atomic E-state index is 11.2. The van der Waals surface area contributed by atoms with Crippen LogP contribution in [0.15, 0.2) is 42.5 Å². The van der Waals surface area contributed by atoms with Crippen LogP contribution in [0.2, 0.25) is 0 Å². The zero-order valence-corrected chi connectivity index (χ0v) is 17.3. The summed E-state index contributed by atoms with van der Waals surface area (Å²) in [6.07, 6.45) is 6.53. The second kappa shape index (κ2) is 10.9. The molecule has 0 amide bonds. The number of rotatable bonds is 11. The molecule has 0 radical (unpaired) electrons. The summed E-state index contributed by atoms with van der Waals surface area (Å²) in [7, 11) is -4.56. The molecule has 2 aromatic rings. The summed E-state index contributed by atoms with van der Waals surface area (Å²) in [6, 6.07) is 13.3. The van der Waals surface area contributed by atoms with E-state index in [1.54, 1.807) is 0 Å². The topological polar surface area (TPSA) is 78.8 Å². The molecule has 0 aliphatic heterocycles. The van der Waals surface area contributed by atoms with Gasteiger partial charge >= 0.3 is 7.82 Å². The van der Waals surface area contributed by atoms with Crippen molar-refractivity contribution >= 4 is 35.8 Å². The molecule has 0 saturated heterocycles. The Hall–Kier alpha value is -1.30. The Bertz CT molecular complexity index is 787. The predicted molar refractivity (Wildman–Crippen MR) is 114 cm³/mol. The van der Waals surface area contributed by atoms with Crippen LogP contribution >= 0.6 is 20.0 Å². The Morgan fingerprint density at radius 2 is 1.81 bits per heavy atom. The van der Waals surface area contributed by atoms with Crippen molar-refractivity contribution in [2.24, 2.45) is 0 Å². The lowest BCUT2D eigenvalue weighted by Crippen LogP contribution is -2.30. The Morgan fingerprint density at radius 1 is 1.11 bits per heavy atom. The minimum Gasteiger partial charge on any atom is -0.370 e. The standard InChI is InChI=1S/C20H28NO4PS/c1-2-3-4-5-6-14-20(27)21-19(15-25-26(22,23)24)18-13-9-11-16-10-7-8-12-17(16)18/h7-13,19H,2-6,14-15H2,1H3,(H,21,27)(H2,22,23,24). The molecule has 0 aromatic heterocycles. The van der Waals surface area contributed by atoms with E-state index in [-0.39, 0.29) is 6.61 Å². The molecular formula is C20H28NO4PS. The first-order valence-corrected chi connectivity index (χ1v) is 11.3. The summed E-state index contributed by atoms with van der Waals surface area (Å²) >= 11 is 5.48. The number of benzene rings is 2. The van der Waals surface area contributed by atoms with Crippen molar-refractivity contribution in [3.8, 4) is 0 Å². The number of thiocarbonyl (C=S) groups is 1. The Kier molecular flexibility index (Phi) is 8.87.